The van der Waals surface area contributed by atoms with Crippen molar-refractivity contribution in [1.82, 2.24) is 0 Å². The molecule has 0 heterocycles. The molecule has 0 radical (unpaired) electrons. The maximum absolute atomic E-state index is 9.81. The van der Waals surface area contributed by atoms with Crippen LogP contribution in [-0.4, -0.2) is 18.3 Å². The number of rotatable bonds is 5. The number of hydrogen-bond donors (Lipinski definition) is 1. The van der Waals surface area contributed by atoms with E-state index in [2.05, 4.69) is 0 Å². The number of hydrogen-bond acceptors (Lipinski definition) is 2. The SMILES string of the molecule is CCCOCC(O)c1cc(C)cc(Cl)c1. The third kappa shape index (κ3) is 4.20. The van der Waals surface area contributed by atoms with Crippen molar-refractivity contribution in [2.75, 3.05) is 13.2 Å². The van der Waals surface area contributed by atoms with Gasteiger partial charge in [0.25, 0.3) is 0 Å². The number of aryl methyl sites for hydroxylation is 1. The minimum atomic E-state index is -0.589. The van der Waals surface area contributed by atoms with Gasteiger partial charge in [-0.25, -0.2) is 0 Å². The summed E-state index contributed by atoms with van der Waals surface area (Å²) in [5.41, 5.74) is 1.86. The zero-order chi connectivity index (χ0) is 11.3. The van der Waals surface area contributed by atoms with Crippen LogP contribution in [0.4, 0.5) is 0 Å². The average molecular weight is 229 g/mol. The molecule has 1 atom stereocenters. The molecule has 0 saturated heterocycles. The molecule has 1 rings (SSSR count). The van der Waals surface area contributed by atoms with Crippen molar-refractivity contribution in [2.24, 2.45) is 0 Å². The predicted molar refractivity (Wildman–Crippen MR) is 62.3 cm³/mol. The van der Waals surface area contributed by atoms with Gasteiger partial charge in [-0.05, 0) is 36.6 Å². The molecular weight excluding hydrogens is 212 g/mol. The lowest BCUT2D eigenvalue weighted by Crippen LogP contribution is -2.08. The number of ether oxygens (including phenoxy) is 1. The Morgan fingerprint density at radius 1 is 1.40 bits per heavy atom. The van der Waals surface area contributed by atoms with Gasteiger partial charge in [0, 0.05) is 11.6 Å². The van der Waals surface area contributed by atoms with Gasteiger partial charge in [-0.2, -0.15) is 0 Å². The Hall–Kier alpha value is -0.570. The molecule has 1 aromatic rings. The first-order valence-electron chi connectivity index (χ1n) is 5.16. The highest BCUT2D eigenvalue weighted by Crippen LogP contribution is 2.20. The summed E-state index contributed by atoms with van der Waals surface area (Å²) < 4.78 is 5.29. The molecular formula is C12H17ClO2. The number of aliphatic hydroxyl groups excluding tert-OH is 1. The first kappa shape index (κ1) is 12.5. The molecule has 3 heteroatoms. The van der Waals surface area contributed by atoms with Crippen LogP contribution in [-0.2, 0) is 4.74 Å². The summed E-state index contributed by atoms with van der Waals surface area (Å²) in [7, 11) is 0. The highest BCUT2D eigenvalue weighted by molar-refractivity contribution is 6.30. The summed E-state index contributed by atoms with van der Waals surface area (Å²) >= 11 is 5.90. The van der Waals surface area contributed by atoms with Gasteiger partial charge in [-0.3, -0.25) is 0 Å². The van der Waals surface area contributed by atoms with E-state index in [1.807, 2.05) is 26.0 Å². The molecule has 0 aliphatic carbocycles. The lowest BCUT2D eigenvalue weighted by atomic mass is 10.1. The van der Waals surface area contributed by atoms with Gasteiger partial charge in [-0.1, -0.05) is 24.6 Å². The molecule has 15 heavy (non-hydrogen) atoms. The molecule has 0 aliphatic heterocycles. The Bertz CT molecular complexity index is 292. The van der Waals surface area contributed by atoms with Crippen molar-refractivity contribution in [1.29, 1.82) is 0 Å². The van der Waals surface area contributed by atoms with Crippen molar-refractivity contribution >= 4 is 11.6 Å². The number of aliphatic hydroxyl groups is 1. The summed E-state index contributed by atoms with van der Waals surface area (Å²) in [6, 6.07) is 5.56. The second kappa shape index (κ2) is 6.11. The van der Waals surface area contributed by atoms with Crippen molar-refractivity contribution in [3.05, 3.63) is 34.3 Å². The second-order valence-corrected chi connectivity index (χ2v) is 4.09. The summed E-state index contributed by atoms with van der Waals surface area (Å²) in [6.07, 6.45) is 0.371. The molecule has 1 unspecified atom stereocenters. The van der Waals surface area contributed by atoms with Crippen LogP contribution in [0.15, 0.2) is 18.2 Å². The molecule has 0 aliphatic rings. The van der Waals surface area contributed by atoms with E-state index in [9.17, 15) is 5.11 Å². The van der Waals surface area contributed by atoms with Gasteiger partial charge >= 0.3 is 0 Å². The van der Waals surface area contributed by atoms with Gasteiger partial charge in [0.1, 0.15) is 6.10 Å². The first-order chi connectivity index (χ1) is 7.13. The fourth-order valence-corrected chi connectivity index (χ4v) is 1.69. The van der Waals surface area contributed by atoms with E-state index in [1.54, 1.807) is 6.07 Å². The van der Waals surface area contributed by atoms with Gasteiger partial charge < -0.3 is 9.84 Å². The molecule has 0 bridgehead atoms. The van der Waals surface area contributed by atoms with E-state index in [-0.39, 0.29) is 0 Å². The molecule has 0 amide bonds. The molecule has 0 fully saturated rings. The molecule has 0 spiro atoms. The maximum atomic E-state index is 9.81. The van der Waals surface area contributed by atoms with E-state index in [0.717, 1.165) is 17.5 Å². The van der Waals surface area contributed by atoms with Crippen LogP contribution >= 0.6 is 11.6 Å². The highest BCUT2D eigenvalue weighted by Gasteiger charge is 2.08. The fraction of sp³-hybridized carbons (Fsp3) is 0.500. The topological polar surface area (TPSA) is 29.5 Å². The average Bonchev–Trinajstić information content (AvgIpc) is 2.16. The highest BCUT2D eigenvalue weighted by atomic mass is 35.5. The lowest BCUT2D eigenvalue weighted by molar-refractivity contribution is 0.0363. The molecule has 0 saturated carbocycles. The monoisotopic (exact) mass is 228 g/mol. The standard InChI is InChI=1S/C12H17ClO2/c1-3-4-15-8-12(14)10-5-9(2)6-11(13)7-10/h5-7,12,14H,3-4,8H2,1-2H3. The number of halogens is 1. The van der Waals surface area contributed by atoms with E-state index in [4.69, 9.17) is 16.3 Å². The van der Waals surface area contributed by atoms with E-state index >= 15 is 0 Å². The summed E-state index contributed by atoms with van der Waals surface area (Å²) in [5.74, 6) is 0. The van der Waals surface area contributed by atoms with E-state index < -0.39 is 6.10 Å². The van der Waals surface area contributed by atoms with E-state index in [0.29, 0.717) is 18.2 Å². The van der Waals surface area contributed by atoms with Gasteiger partial charge in [0.2, 0.25) is 0 Å². The van der Waals surface area contributed by atoms with Crippen molar-refractivity contribution in [2.45, 2.75) is 26.4 Å². The second-order valence-electron chi connectivity index (χ2n) is 3.65. The minimum absolute atomic E-state index is 0.327. The zero-order valence-electron chi connectivity index (χ0n) is 9.16. The number of benzene rings is 1. The zero-order valence-corrected chi connectivity index (χ0v) is 9.92. The summed E-state index contributed by atoms with van der Waals surface area (Å²) in [5, 5.41) is 10.5. The van der Waals surface area contributed by atoms with Crippen molar-refractivity contribution < 1.29 is 9.84 Å². The molecule has 1 N–H and O–H groups in total. The molecule has 1 aromatic carbocycles. The third-order valence-corrected chi connectivity index (χ3v) is 2.29. The first-order valence-corrected chi connectivity index (χ1v) is 5.54. The van der Waals surface area contributed by atoms with E-state index in [1.165, 1.54) is 0 Å². The Morgan fingerprint density at radius 2 is 2.13 bits per heavy atom. The largest absolute Gasteiger partial charge is 0.386 e. The summed E-state index contributed by atoms with van der Waals surface area (Å²) in [4.78, 5) is 0. The normalized spacial score (nSPS) is 12.8. The van der Waals surface area contributed by atoms with Gasteiger partial charge in [-0.15, -0.1) is 0 Å². The summed E-state index contributed by atoms with van der Waals surface area (Å²) in [6.45, 7) is 5.00. The molecule has 0 aromatic heterocycles. The van der Waals surface area contributed by atoms with Crippen LogP contribution < -0.4 is 0 Å². The lowest BCUT2D eigenvalue weighted by Gasteiger charge is -2.12. The van der Waals surface area contributed by atoms with Crippen LogP contribution in [0.2, 0.25) is 5.02 Å². The fourth-order valence-electron chi connectivity index (χ4n) is 1.39. The Balaban J connectivity index is 2.60. The predicted octanol–water partition coefficient (Wildman–Crippen LogP) is 3.11. The van der Waals surface area contributed by atoms with Crippen molar-refractivity contribution in [3.63, 3.8) is 0 Å². The van der Waals surface area contributed by atoms with Crippen LogP contribution in [0.25, 0.3) is 0 Å². The smallest absolute Gasteiger partial charge is 0.102 e. The minimum Gasteiger partial charge on any atom is -0.386 e. The van der Waals surface area contributed by atoms with Crippen LogP contribution in [0, 0.1) is 6.92 Å². The van der Waals surface area contributed by atoms with Gasteiger partial charge in [0.05, 0.1) is 6.61 Å². The molecule has 84 valence electrons. The van der Waals surface area contributed by atoms with Crippen LogP contribution in [0.1, 0.15) is 30.6 Å². The Kier molecular flexibility index (Phi) is 5.09. The Labute approximate surface area is 95.8 Å². The quantitative estimate of drug-likeness (QED) is 0.785. The van der Waals surface area contributed by atoms with Crippen LogP contribution in [0.5, 0.6) is 0 Å². The maximum Gasteiger partial charge on any atom is 0.102 e. The van der Waals surface area contributed by atoms with Crippen LogP contribution in [0.3, 0.4) is 0 Å². The molecule has 2 nitrogen and oxygen atoms in total. The van der Waals surface area contributed by atoms with Crippen molar-refractivity contribution in [3.8, 4) is 0 Å². The Morgan fingerprint density at radius 3 is 2.73 bits per heavy atom. The third-order valence-electron chi connectivity index (χ3n) is 2.07. The van der Waals surface area contributed by atoms with Gasteiger partial charge in [0.15, 0.2) is 0 Å².